The second-order valence-electron chi connectivity index (χ2n) is 4.45. The van der Waals surface area contributed by atoms with Crippen molar-refractivity contribution < 1.29 is 4.74 Å². The predicted octanol–water partition coefficient (Wildman–Crippen LogP) is 6.16. The monoisotopic (exact) mass is 410 g/mol. The molecule has 4 heteroatoms. The number of hydrogen-bond donors (Lipinski definition) is 0. The molecule has 1 atom stereocenters. The highest BCUT2D eigenvalue weighted by Crippen LogP contribution is 2.41. The van der Waals surface area contributed by atoms with E-state index in [9.17, 15) is 0 Å². The third-order valence-corrected chi connectivity index (χ3v) is 6.23. The van der Waals surface area contributed by atoms with Crippen molar-refractivity contribution in [3.05, 3.63) is 63.4 Å². The van der Waals surface area contributed by atoms with Crippen LogP contribution in [-0.4, -0.2) is 7.11 Å². The van der Waals surface area contributed by atoms with E-state index in [4.69, 9.17) is 4.74 Å². The average Bonchev–Trinajstić information content (AvgIpc) is 2.92. The molecule has 20 heavy (non-hydrogen) atoms. The van der Waals surface area contributed by atoms with Crippen LogP contribution in [-0.2, 0) is 0 Å². The molecule has 0 bridgehead atoms. The number of fused-ring (bicyclic) bond motifs is 1. The number of halogens is 2. The van der Waals surface area contributed by atoms with E-state index in [0.717, 1.165) is 10.2 Å². The van der Waals surface area contributed by atoms with Crippen LogP contribution in [0, 0.1) is 0 Å². The molecule has 102 valence electrons. The zero-order valence-electron chi connectivity index (χ0n) is 10.8. The van der Waals surface area contributed by atoms with Gasteiger partial charge in [0.15, 0.2) is 0 Å². The Labute approximate surface area is 138 Å². The number of ether oxygens (including phenoxy) is 1. The molecule has 0 aliphatic heterocycles. The Morgan fingerprint density at radius 2 is 1.95 bits per heavy atom. The van der Waals surface area contributed by atoms with Crippen molar-refractivity contribution in [3.8, 4) is 5.75 Å². The molecule has 0 aliphatic carbocycles. The Balaban J connectivity index is 2.08. The maximum Gasteiger partial charge on any atom is 0.119 e. The van der Waals surface area contributed by atoms with Crippen LogP contribution >= 0.6 is 43.2 Å². The van der Waals surface area contributed by atoms with Gasteiger partial charge in [-0.25, -0.2) is 0 Å². The minimum atomic E-state index is 0.167. The second-order valence-corrected chi connectivity index (χ2v) is 7.10. The molecule has 1 heterocycles. The molecule has 0 saturated carbocycles. The summed E-state index contributed by atoms with van der Waals surface area (Å²) in [6.07, 6.45) is 0. The van der Waals surface area contributed by atoms with Crippen LogP contribution in [0.4, 0.5) is 0 Å². The summed E-state index contributed by atoms with van der Waals surface area (Å²) in [6.45, 7) is 0. The summed E-state index contributed by atoms with van der Waals surface area (Å²) in [5.41, 5.74) is 2.49. The minimum Gasteiger partial charge on any atom is -0.497 e. The van der Waals surface area contributed by atoms with Gasteiger partial charge in [-0.1, -0.05) is 40.2 Å². The molecule has 1 nitrogen and oxygen atoms in total. The number of thiophene rings is 1. The van der Waals surface area contributed by atoms with E-state index >= 15 is 0 Å². The SMILES string of the molecule is COc1cccc(C(Br)c2csc3c(Br)cccc23)c1. The Bertz CT molecular complexity index is 751. The fourth-order valence-electron chi connectivity index (χ4n) is 2.22. The number of methoxy groups -OCH3 is 1. The van der Waals surface area contributed by atoms with Gasteiger partial charge in [0.1, 0.15) is 5.75 Å². The third-order valence-electron chi connectivity index (χ3n) is 3.24. The van der Waals surface area contributed by atoms with Crippen molar-refractivity contribution >= 4 is 53.3 Å². The quantitative estimate of drug-likeness (QED) is 0.469. The van der Waals surface area contributed by atoms with Crippen molar-refractivity contribution in [3.63, 3.8) is 0 Å². The highest BCUT2D eigenvalue weighted by molar-refractivity contribution is 9.10. The lowest BCUT2D eigenvalue weighted by Gasteiger charge is -2.11. The van der Waals surface area contributed by atoms with Crippen LogP contribution in [0.15, 0.2) is 52.3 Å². The molecule has 0 N–H and O–H groups in total. The van der Waals surface area contributed by atoms with Crippen molar-refractivity contribution in [2.24, 2.45) is 0 Å². The van der Waals surface area contributed by atoms with Crippen LogP contribution in [0.25, 0.3) is 10.1 Å². The largest absolute Gasteiger partial charge is 0.497 e. The van der Waals surface area contributed by atoms with Crippen LogP contribution in [0.2, 0.25) is 0 Å². The first kappa shape index (κ1) is 14.1. The maximum absolute atomic E-state index is 5.30. The predicted molar refractivity (Wildman–Crippen MR) is 93.3 cm³/mol. The molecule has 0 fully saturated rings. The normalized spacial score (nSPS) is 12.6. The van der Waals surface area contributed by atoms with Crippen LogP contribution < -0.4 is 4.74 Å². The number of rotatable bonds is 3. The molecule has 0 saturated heterocycles. The Morgan fingerprint density at radius 1 is 1.15 bits per heavy atom. The zero-order valence-corrected chi connectivity index (χ0v) is 14.8. The van der Waals surface area contributed by atoms with Gasteiger partial charge in [-0.3, -0.25) is 0 Å². The van der Waals surface area contributed by atoms with E-state index in [-0.39, 0.29) is 4.83 Å². The van der Waals surface area contributed by atoms with Gasteiger partial charge in [-0.15, -0.1) is 11.3 Å². The summed E-state index contributed by atoms with van der Waals surface area (Å²) < 4.78 is 7.74. The molecular formula is C16H12Br2OS. The van der Waals surface area contributed by atoms with Gasteiger partial charge in [0.2, 0.25) is 0 Å². The van der Waals surface area contributed by atoms with Crippen LogP contribution in [0.3, 0.4) is 0 Å². The van der Waals surface area contributed by atoms with E-state index in [1.807, 2.05) is 12.1 Å². The van der Waals surface area contributed by atoms with Crippen molar-refractivity contribution in [1.29, 1.82) is 0 Å². The van der Waals surface area contributed by atoms with Gasteiger partial charge >= 0.3 is 0 Å². The van der Waals surface area contributed by atoms with Gasteiger partial charge in [0.05, 0.1) is 11.9 Å². The van der Waals surface area contributed by atoms with Gasteiger partial charge in [-0.05, 0) is 56.0 Å². The summed E-state index contributed by atoms with van der Waals surface area (Å²) in [5.74, 6) is 0.882. The van der Waals surface area contributed by atoms with Gasteiger partial charge in [-0.2, -0.15) is 0 Å². The Morgan fingerprint density at radius 3 is 2.75 bits per heavy atom. The fraction of sp³-hybridized carbons (Fsp3) is 0.125. The smallest absolute Gasteiger partial charge is 0.119 e. The second kappa shape index (κ2) is 5.88. The standard InChI is InChI=1S/C16H12Br2OS/c1-19-11-5-2-4-10(8-11)15(18)13-9-20-16-12(13)6-3-7-14(16)17/h2-9,15H,1H3. The number of hydrogen-bond acceptors (Lipinski definition) is 2. The lowest BCUT2D eigenvalue weighted by atomic mass is 10.0. The maximum atomic E-state index is 5.30. The zero-order chi connectivity index (χ0) is 14.1. The summed E-state index contributed by atoms with van der Waals surface area (Å²) >= 11 is 9.20. The fourth-order valence-corrected chi connectivity index (χ4v) is 4.70. The third kappa shape index (κ3) is 2.52. The van der Waals surface area contributed by atoms with Gasteiger partial charge < -0.3 is 4.74 Å². The summed E-state index contributed by atoms with van der Waals surface area (Å²) in [5, 5.41) is 3.50. The minimum absolute atomic E-state index is 0.167. The molecule has 2 aromatic carbocycles. The van der Waals surface area contributed by atoms with E-state index in [2.05, 4.69) is 67.6 Å². The molecule has 1 aromatic heterocycles. The van der Waals surface area contributed by atoms with Crippen LogP contribution in [0.1, 0.15) is 16.0 Å². The highest BCUT2D eigenvalue weighted by atomic mass is 79.9. The lowest BCUT2D eigenvalue weighted by molar-refractivity contribution is 0.414. The summed E-state index contributed by atoms with van der Waals surface area (Å²) in [4.78, 5) is 0.167. The highest BCUT2D eigenvalue weighted by Gasteiger charge is 2.16. The molecular weight excluding hydrogens is 400 g/mol. The van der Waals surface area contributed by atoms with E-state index < -0.39 is 0 Å². The molecule has 1 unspecified atom stereocenters. The summed E-state index contributed by atoms with van der Waals surface area (Å²) in [7, 11) is 1.69. The molecule has 3 rings (SSSR count). The molecule has 0 amide bonds. The van der Waals surface area contributed by atoms with Crippen molar-refractivity contribution in [1.82, 2.24) is 0 Å². The number of alkyl halides is 1. The van der Waals surface area contributed by atoms with E-state index in [1.54, 1.807) is 18.4 Å². The first-order chi connectivity index (χ1) is 9.70. The summed E-state index contributed by atoms with van der Waals surface area (Å²) in [6, 6.07) is 14.5. The number of benzene rings is 2. The first-order valence-corrected chi connectivity index (χ1v) is 8.73. The molecule has 0 aliphatic rings. The average molecular weight is 412 g/mol. The Hall–Kier alpha value is -0.840. The molecule has 3 aromatic rings. The van der Waals surface area contributed by atoms with E-state index in [0.29, 0.717) is 0 Å². The van der Waals surface area contributed by atoms with Gasteiger partial charge in [0.25, 0.3) is 0 Å². The topological polar surface area (TPSA) is 9.23 Å². The first-order valence-electron chi connectivity index (χ1n) is 6.14. The van der Waals surface area contributed by atoms with Gasteiger partial charge in [0, 0.05) is 9.17 Å². The van der Waals surface area contributed by atoms with E-state index in [1.165, 1.54) is 21.2 Å². The molecule has 0 radical (unpaired) electrons. The van der Waals surface area contributed by atoms with Crippen LogP contribution in [0.5, 0.6) is 5.75 Å². The molecule has 0 spiro atoms. The lowest BCUT2D eigenvalue weighted by Crippen LogP contribution is -1.92. The Kier molecular flexibility index (Phi) is 4.15. The van der Waals surface area contributed by atoms with Crippen molar-refractivity contribution in [2.45, 2.75) is 4.83 Å². The van der Waals surface area contributed by atoms with Crippen molar-refractivity contribution in [2.75, 3.05) is 7.11 Å².